The zero-order valence-corrected chi connectivity index (χ0v) is 14.5. The highest BCUT2D eigenvalue weighted by atomic mass is 16.2. The summed E-state index contributed by atoms with van der Waals surface area (Å²) in [4.78, 5) is 18.1. The van der Waals surface area contributed by atoms with Gasteiger partial charge in [-0.1, -0.05) is 31.0 Å². The van der Waals surface area contributed by atoms with Crippen LogP contribution in [0, 0.1) is 12.8 Å². The Morgan fingerprint density at radius 3 is 3.00 bits per heavy atom. The van der Waals surface area contributed by atoms with Crippen LogP contribution < -0.4 is 5.32 Å². The lowest BCUT2D eigenvalue weighted by atomic mass is 9.85. The monoisotopic (exact) mass is 325 g/mol. The smallest absolute Gasteiger partial charge is 0.317 e. The molecule has 4 nitrogen and oxygen atoms in total. The van der Waals surface area contributed by atoms with Crippen molar-refractivity contribution in [3.05, 3.63) is 35.5 Å². The van der Waals surface area contributed by atoms with Gasteiger partial charge in [-0.15, -0.1) is 0 Å². The molecule has 2 aliphatic rings. The Bertz CT molecular complexity index is 736. The van der Waals surface area contributed by atoms with Crippen LogP contribution >= 0.6 is 0 Å². The predicted octanol–water partition coefficient (Wildman–Crippen LogP) is 3.99. The Kier molecular flexibility index (Phi) is 4.21. The van der Waals surface area contributed by atoms with Gasteiger partial charge in [0.05, 0.1) is 0 Å². The average molecular weight is 325 g/mol. The molecule has 128 valence electrons. The van der Waals surface area contributed by atoms with E-state index in [9.17, 15) is 4.79 Å². The molecule has 1 aliphatic carbocycles. The van der Waals surface area contributed by atoms with Gasteiger partial charge in [0.25, 0.3) is 0 Å². The average Bonchev–Trinajstić information content (AvgIpc) is 3.16. The standard InChI is InChI=1S/C20H27N3O/c1-14-16(17-7-3-4-8-18(17)22-14)10-12-21-20(24)23-13-11-15-6-2-5-9-19(15)23/h3-4,7-8,15,19,22H,2,5-6,9-13H2,1H3,(H,21,24). The van der Waals surface area contributed by atoms with Gasteiger partial charge in [-0.3, -0.25) is 0 Å². The van der Waals surface area contributed by atoms with Gasteiger partial charge >= 0.3 is 6.03 Å². The quantitative estimate of drug-likeness (QED) is 0.880. The molecule has 1 aromatic carbocycles. The van der Waals surface area contributed by atoms with Gasteiger partial charge in [0.2, 0.25) is 0 Å². The van der Waals surface area contributed by atoms with Crippen molar-refractivity contribution in [1.82, 2.24) is 15.2 Å². The van der Waals surface area contributed by atoms with E-state index >= 15 is 0 Å². The topological polar surface area (TPSA) is 48.1 Å². The lowest BCUT2D eigenvalue weighted by Crippen LogP contribution is -2.45. The fraction of sp³-hybridized carbons (Fsp3) is 0.550. The van der Waals surface area contributed by atoms with E-state index in [1.165, 1.54) is 54.3 Å². The van der Waals surface area contributed by atoms with Crippen molar-refractivity contribution >= 4 is 16.9 Å². The van der Waals surface area contributed by atoms with E-state index in [-0.39, 0.29) is 6.03 Å². The minimum absolute atomic E-state index is 0.141. The number of carbonyl (C=O) groups excluding carboxylic acids is 1. The summed E-state index contributed by atoms with van der Waals surface area (Å²) in [6.07, 6.45) is 7.20. The van der Waals surface area contributed by atoms with Crippen LogP contribution in [0.5, 0.6) is 0 Å². The molecule has 2 atom stereocenters. The van der Waals surface area contributed by atoms with Gasteiger partial charge in [0.15, 0.2) is 0 Å². The summed E-state index contributed by atoms with van der Waals surface area (Å²) in [6.45, 7) is 3.76. The molecular formula is C20H27N3O. The van der Waals surface area contributed by atoms with E-state index in [1.807, 2.05) is 0 Å². The van der Waals surface area contributed by atoms with Crippen molar-refractivity contribution in [2.75, 3.05) is 13.1 Å². The highest BCUT2D eigenvalue weighted by molar-refractivity contribution is 5.84. The van der Waals surface area contributed by atoms with Crippen molar-refractivity contribution in [2.24, 2.45) is 5.92 Å². The number of nitrogens with zero attached hydrogens (tertiary/aromatic N) is 1. The predicted molar refractivity (Wildman–Crippen MR) is 97.2 cm³/mol. The van der Waals surface area contributed by atoms with Crippen LogP contribution in [0.3, 0.4) is 0 Å². The lowest BCUT2D eigenvalue weighted by molar-refractivity contribution is 0.170. The maximum atomic E-state index is 12.6. The van der Waals surface area contributed by atoms with E-state index < -0.39 is 0 Å². The second-order valence-electron chi connectivity index (χ2n) is 7.35. The van der Waals surface area contributed by atoms with E-state index in [4.69, 9.17) is 0 Å². The number of aromatic nitrogens is 1. The lowest BCUT2D eigenvalue weighted by Gasteiger charge is -2.31. The Morgan fingerprint density at radius 2 is 2.08 bits per heavy atom. The molecule has 2 amide bonds. The number of benzene rings is 1. The van der Waals surface area contributed by atoms with Crippen molar-refractivity contribution in [1.29, 1.82) is 0 Å². The summed E-state index contributed by atoms with van der Waals surface area (Å²) in [5.74, 6) is 0.750. The number of H-pyrrole nitrogens is 1. The third kappa shape index (κ3) is 2.79. The number of hydrogen-bond acceptors (Lipinski definition) is 1. The molecule has 2 heterocycles. The third-order valence-electron chi connectivity index (χ3n) is 5.95. The summed E-state index contributed by atoms with van der Waals surface area (Å²) in [6, 6.07) is 9.03. The second kappa shape index (κ2) is 6.50. The van der Waals surface area contributed by atoms with E-state index in [0.717, 1.165) is 18.9 Å². The zero-order chi connectivity index (χ0) is 16.5. The Labute approximate surface area is 143 Å². The molecule has 0 spiro atoms. The van der Waals surface area contributed by atoms with Crippen LogP contribution in [-0.4, -0.2) is 35.0 Å². The molecule has 1 saturated heterocycles. The van der Waals surface area contributed by atoms with Gasteiger partial charge in [0, 0.05) is 35.7 Å². The van der Waals surface area contributed by atoms with Gasteiger partial charge in [0.1, 0.15) is 0 Å². The summed E-state index contributed by atoms with van der Waals surface area (Å²) in [5.41, 5.74) is 3.71. The second-order valence-corrected chi connectivity index (χ2v) is 7.35. The minimum atomic E-state index is 0.141. The third-order valence-corrected chi connectivity index (χ3v) is 5.95. The number of carbonyl (C=O) groups is 1. The molecule has 0 radical (unpaired) electrons. The first-order chi connectivity index (χ1) is 11.7. The van der Waals surface area contributed by atoms with Crippen molar-refractivity contribution in [3.8, 4) is 0 Å². The van der Waals surface area contributed by atoms with Crippen LogP contribution in [0.1, 0.15) is 43.4 Å². The van der Waals surface area contributed by atoms with Gasteiger partial charge in [-0.2, -0.15) is 0 Å². The molecule has 4 heteroatoms. The SMILES string of the molecule is Cc1[nH]c2ccccc2c1CCNC(=O)N1CCC2CCCCC21. The number of amides is 2. The highest BCUT2D eigenvalue weighted by Gasteiger charge is 2.37. The van der Waals surface area contributed by atoms with E-state index in [0.29, 0.717) is 12.6 Å². The summed E-state index contributed by atoms with van der Waals surface area (Å²) >= 11 is 0. The van der Waals surface area contributed by atoms with Crippen LogP contribution in [0.25, 0.3) is 10.9 Å². The fourth-order valence-electron chi connectivity index (χ4n) is 4.71. The number of likely N-dealkylation sites (tertiary alicyclic amines) is 1. The molecule has 0 bridgehead atoms. The number of hydrogen-bond donors (Lipinski definition) is 2. The maximum absolute atomic E-state index is 12.6. The number of rotatable bonds is 3. The zero-order valence-electron chi connectivity index (χ0n) is 14.5. The number of aromatic amines is 1. The van der Waals surface area contributed by atoms with E-state index in [1.54, 1.807) is 0 Å². The Morgan fingerprint density at radius 1 is 1.25 bits per heavy atom. The number of nitrogens with one attached hydrogen (secondary N) is 2. The maximum Gasteiger partial charge on any atom is 0.317 e. The molecule has 2 N–H and O–H groups in total. The molecule has 2 aromatic rings. The highest BCUT2D eigenvalue weighted by Crippen LogP contribution is 2.36. The van der Waals surface area contributed by atoms with Crippen molar-refractivity contribution in [2.45, 2.75) is 51.5 Å². The summed E-state index contributed by atoms with van der Waals surface area (Å²) in [5, 5.41) is 4.44. The summed E-state index contributed by atoms with van der Waals surface area (Å²) in [7, 11) is 0. The Hall–Kier alpha value is -1.97. The molecular weight excluding hydrogens is 298 g/mol. The number of urea groups is 1. The minimum Gasteiger partial charge on any atom is -0.358 e. The molecule has 1 aliphatic heterocycles. The molecule has 2 fully saturated rings. The first kappa shape index (κ1) is 15.6. The molecule has 1 saturated carbocycles. The first-order valence-electron chi connectivity index (χ1n) is 9.34. The first-order valence-corrected chi connectivity index (χ1v) is 9.34. The van der Waals surface area contributed by atoms with Crippen molar-refractivity contribution < 1.29 is 4.79 Å². The van der Waals surface area contributed by atoms with Crippen LogP contribution in [0.15, 0.2) is 24.3 Å². The molecule has 24 heavy (non-hydrogen) atoms. The van der Waals surface area contributed by atoms with Gasteiger partial charge in [-0.25, -0.2) is 4.79 Å². The van der Waals surface area contributed by atoms with Gasteiger partial charge in [-0.05, 0) is 50.2 Å². The number of para-hydroxylation sites is 1. The fourth-order valence-corrected chi connectivity index (χ4v) is 4.71. The molecule has 4 rings (SSSR count). The normalized spacial score (nSPS) is 23.5. The number of aryl methyl sites for hydroxylation is 1. The molecule has 1 aromatic heterocycles. The van der Waals surface area contributed by atoms with E-state index in [2.05, 4.69) is 46.4 Å². The van der Waals surface area contributed by atoms with Crippen molar-refractivity contribution in [3.63, 3.8) is 0 Å². The Balaban J connectivity index is 1.37. The van der Waals surface area contributed by atoms with Crippen LogP contribution in [0.4, 0.5) is 4.79 Å². The van der Waals surface area contributed by atoms with Crippen LogP contribution in [0.2, 0.25) is 0 Å². The number of fused-ring (bicyclic) bond motifs is 2. The van der Waals surface area contributed by atoms with Crippen LogP contribution in [-0.2, 0) is 6.42 Å². The molecule has 2 unspecified atom stereocenters. The summed E-state index contributed by atoms with van der Waals surface area (Å²) < 4.78 is 0. The van der Waals surface area contributed by atoms with Gasteiger partial charge < -0.3 is 15.2 Å². The largest absolute Gasteiger partial charge is 0.358 e.